The van der Waals surface area contributed by atoms with Gasteiger partial charge in [0.1, 0.15) is 0 Å². The van der Waals surface area contributed by atoms with Gasteiger partial charge in [0.25, 0.3) is 0 Å². The predicted octanol–water partition coefficient (Wildman–Crippen LogP) is 4.89. The molecule has 1 amide bonds. The molecule has 0 atom stereocenters. The molecule has 0 bridgehead atoms. The van der Waals surface area contributed by atoms with Crippen LogP contribution in [0.3, 0.4) is 0 Å². The number of H-pyrrole nitrogens is 1. The summed E-state index contributed by atoms with van der Waals surface area (Å²) in [6.07, 6.45) is 2.03. The van der Waals surface area contributed by atoms with E-state index < -0.39 is 0 Å². The molecule has 1 aromatic heterocycles. The number of hydrogen-bond acceptors (Lipinski definition) is 3. The molecule has 0 aliphatic heterocycles. The van der Waals surface area contributed by atoms with E-state index in [2.05, 4.69) is 45.8 Å². The monoisotopic (exact) mass is 399 g/mol. The Bertz CT molecular complexity index is 1110. The first-order valence-electron chi connectivity index (χ1n) is 10.2. The molecule has 0 saturated carbocycles. The first-order chi connectivity index (χ1) is 14.8. The number of hydrogen-bond donors (Lipinski definition) is 2. The van der Waals surface area contributed by atoms with Crippen molar-refractivity contribution < 1.29 is 9.53 Å². The number of nitrogens with zero attached hydrogens (tertiary/aromatic N) is 1. The van der Waals surface area contributed by atoms with Crippen molar-refractivity contribution in [3.63, 3.8) is 0 Å². The van der Waals surface area contributed by atoms with Crippen LogP contribution in [0.15, 0.2) is 78.9 Å². The molecule has 4 rings (SSSR count). The number of fused-ring (bicyclic) bond motifs is 1. The summed E-state index contributed by atoms with van der Waals surface area (Å²) >= 11 is 0. The van der Waals surface area contributed by atoms with E-state index in [1.54, 1.807) is 0 Å². The van der Waals surface area contributed by atoms with Crippen LogP contribution in [0.2, 0.25) is 0 Å². The lowest BCUT2D eigenvalue weighted by atomic mass is 10.0. The molecule has 152 valence electrons. The number of anilines is 1. The summed E-state index contributed by atoms with van der Waals surface area (Å²) in [7, 11) is 0. The first kappa shape index (κ1) is 19.9. The smallest absolute Gasteiger partial charge is 0.229 e. The number of carbonyl (C=O) groups is 1. The van der Waals surface area contributed by atoms with Crippen LogP contribution in [0.5, 0.6) is 0 Å². The number of benzene rings is 3. The molecular formula is C25H25N3O2. The first-order valence-corrected chi connectivity index (χ1v) is 10.2. The zero-order chi connectivity index (χ0) is 20.6. The summed E-state index contributed by atoms with van der Waals surface area (Å²) in [5.41, 5.74) is 3.15. The molecule has 5 heteroatoms. The topological polar surface area (TPSA) is 67.0 Å². The van der Waals surface area contributed by atoms with Crippen LogP contribution in [-0.2, 0) is 29.0 Å². The predicted molar refractivity (Wildman–Crippen MR) is 119 cm³/mol. The molecule has 0 aliphatic carbocycles. The Labute approximate surface area is 176 Å². The lowest BCUT2D eigenvalue weighted by molar-refractivity contribution is -0.115. The van der Waals surface area contributed by atoms with E-state index in [9.17, 15) is 4.79 Å². The van der Waals surface area contributed by atoms with E-state index in [1.807, 2.05) is 48.5 Å². The molecule has 0 aliphatic rings. The van der Waals surface area contributed by atoms with Crippen LogP contribution in [0.4, 0.5) is 5.82 Å². The van der Waals surface area contributed by atoms with Gasteiger partial charge in [-0.15, -0.1) is 0 Å². The average molecular weight is 399 g/mol. The minimum atomic E-state index is -0.0745. The molecule has 0 spiro atoms. The third kappa shape index (κ3) is 5.55. The quantitative estimate of drug-likeness (QED) is 0.394. The van der Waals surface area contributed by atoms with Gasteiger partial charge < -0.3 is 10.1 Å². The van der Waals surface area contributed by atoms with Gasteiger partial charge in [0.05, 0.1) is 13.0 Å². The largest absolute Gasteiger partial charge is 0.377 e. The minimum absolute atomic E-state index is 0.0745. The number of aromatic amines is 1. The molecule has 3 aromatic carbocycles. The summed E-state index contributed by atoms with van der Waals surface area (Å²) in [5, 5.41) is 12.4. The van der Waals surface area contributed by atoms with Gasteiger partial charge in [0.15, 0.2) is 5.82 Å². The average Bonchev–Trinajstić information content (AvgIpc) is 3.21. The Kier molecular flexibility index (Phi) is 6.52. The number of rotatable bonds is 9. The molecule has 5 nitrogen and oxygen atoms in total. The number of aromatic nitrogens is 2. The van der Waals surface area contributed by atoms with E-state index in [-0.39, 0.29) is 5.91 Å². The second-order valence-corrected chi connectivity index (χ2v) is 7.33. The lowest BCUT2D eigenvalue weighted by Crippen LogP contribution is -2.14. The zero-order valence-electron chi connectivity index (χ0n) is 16.8. The fourth-order valence-electron chi connectivity index (χ4n) is 3.40. The fourth-order valence-corrected chi connectivity index (χ4v) is 3.40. The molecule has 4 aromatic rings. The second kappa shape index (κ2) is 9.85. The van der Waals surface area contributed by atoms with Crippen molar-refractivity contribution in [2.45, 2.75) is 25.9 Å². The Hall–Kier alpha value is -3.44. The highest BCUT2D eigenvalue weighted by molar-refractivity contribution is 5.92. The van der Waals surface area contributed by atoms with Gasteiger partial charge >= 0.3 is 0 Å². The highest BCUT2D eigenvalue weighted by Gasteiger charge is 2.08. The number of amides is 1. The highest BCUT2D eigenvalue weighted by Crippen LogP contribution is 2.16. The van der Waals surface area contributed by atoms with Gasteiger partial charge in [-0.3, -0.25) is 9.89 Å². The van der Waals surface area contributed by atoms with E-state index in [0.717, 1.165) is 29.5 Å². The van der Waals surface area contributed by atoms with Crippen LogP contribution in [0, 0.1) is 0 Å². The molecule has 30 heavy (non-hydrogen) atoms. The van der Waals surface area contributed by atoms with Crippen LogP contribution in [0.1, 0.15) is 23.2 Å². The Morgan fingerprint density at radius 3 is 2.57 bits per heavy atom. The molecule has 2 N–H and O–H groups in total. The van der Waals surface area contributed by atoms with E-state index in [0.29, 0.717) is 25.5 Å². The summed E-state index contributed by atoms with van der Waals surface area (Å²) in [4.78, 5) is 12.4. The summed E-state index contributed by atoms with van der Waals surface area (Å²) in [6.45, 7) is 1.30. The van der Waals surface area contributed by atoms with Crippen LogP contribution < -0.4 is 5.32 Å². The number of aryl methyl sites for hydroxylation is 1. The van der Waals surface area contributed by atoms with Gasteiger partial charge in [-0.05, 0) is 34.7 Å². The van der Waals surface area contributed by atoms with Crippen molar-refractivity contribution in [1.82, 2.24) is 10.2 Å². The fraction of sp³-hybridized carbons (Fsp3) is 0.200. The van der Waals surface area contributed by atoms with Gasteiger partial charge in [0, 0.05) is 18.4 Å². The molecule has 1 heterocycles. The Morgan fingerprint density at radius 1 is 0.900 bits per heavy atom. The third-order valence-corrected chi connectivity index (χ3v) is 4.92. The lowest BCUT2D eigenvalue weighted by Gasteiger charge is -2.04. The highest BCUT2D eigenvalue weighted by atomic mass is 16.5. The van der Waals surface area contributed by atoms with Crippen LogP contribution in [0.25, 0.3) is 10.8 Å². The molecule has 0 radical (unpaired) electrons. The maximum Gasteiger partial charge on any atom is 0.229 e. The van der Waals surface area contributed by atoms with Gasteiger partial charge in [-0.2, -0.15) is 5.10 Å². The van der Waals surface area contributed by atoms with Gasteiger partial charge in [-0.1, -0.05) is 72.8 Å². The van der Waals surface area contributed by atoms with Crippen molar-refractivity contribution in [3.8, 4) is 0 Å². The van der Waals surface area contributed by atoms with Crippen LogP contribution >= 0.6 is 0 Å². The second-order valence-electron chi connectivity index (χ2n) is 7.33. The summed E-state index contributed by atoms with van der Waals surface area (Å²) in [6, 6.07) is 26.3. The van der Waals surface area contributed by atoms with E-state index >= 15 is 0 Å². The van der Waals surface area contributed by atoms with E-state index in [1.165, 1.54) is 10.9 Å². The molecule has 0 fully saturated rings. The van der Waals surface area contributed by atoms with Crippen molar-refractivity contribution in [1.29, 1.82) is 0 Å². The maximum absolute atomic E-state index is 12.4. The standard InChI is InChI=1S/C25H25N3O2/c29-25(16-20-12-13-21-9-4-5-10-22(21)15-20)26-24-17-23(27-28-24)11-6-14-30-18-19-7-2-1-3-8-19/h1-5,7-10,12-13,15,17H,6,11,14,16,18H2,(H2,26,27,28,29). The molecular weight excluding hydrogens is 374 g/mol. The summed E-state index contributed by atoms with van der Waals surface area (Å²) < 4.78 is 5.71. The van der Waals surface area contributed by atoms with Gasteiger partial charge in [0.2, 0.25) is 5.91 Å². The zero-order valence-corrected chi connectivity index (χ0v) is 16.8. The van der Waals surface area contributed by atoms with E-state index in [4.69, 9.17) is 4.74 Å². The Morgan fingerprint density at radius 2 is 1.70 bits per heavy atom. The van der Waals surface area contributed by atoms with Crippen molar-refractivity contribution in [2.75, 3.05) is 11.9 Å². The Balaban J connectivity index is 1.21. The number of nitrogens with one attached hydrogen (secondary N) is 2. The number of carbonyl (C=O) groups excluding carboxylic acids is 1. The normalized spacial score (nSPS) is 10.9. The van der Waals surface area contributed by atoms with Crippen LogP contribution in [-0.4, -0.2) is 22.7 Å². The van der Waals surface area contributed by atoms with Crippen molar-refractivity contribution in [2.24, 2.45) is 0 Å². The van der Waals surface area contributed by atoms with Crippen molar-refractivity contribution >= 4 is 22.5 Å². The SMILES string of the molecule is O=C(Cc1ccc2ccccc2c1)Nc1cc(CCCOCc2ccccc2)[nH]n1. The summed E-state index contributed by atoms with van der Waals surface area (Å²) in [5.74, 6) is 0.482. The van der Waals surface area contributed by atoms with Gasteiger partial charge in [-0.25, -0.2) is 0 Å². The molecule has 0 saturated heterocycles. The third-order valence-electron chi connectivity index (χ3n) is 4.92. The maximum atomic E-state index is 12.4. The van der Waals surface area contributed by atoms with Crippen molar-refractivity contribution in [3.05, 3.63) is 95.7 Å². The molecule has 0 unspecified atom stereocenters. The number of ether oxygens (including phenoxy) is 1. The minimum Gasteiger partial charge on any atom is -0.377 e.